The number of anilines is 1. The van der Waals surface area contributed by atoms with Crippen LogP contribution < -0.4 is 4.90 Å². The number of nitrogens with zero attached hydrogens (tertiary/aromatic N) is 3. The number of nitriles is 1. The van der Waals surface area contributed by atoms with E-state index in [9.17, 15) is 4.79 Å². The third-order valence-electron chi connectivity index (χ3n) is 3.03. The number of carbonyl (C=O) groups excluding carboxylic acids is 1. The zero-order chi connectivity index (χ0) is 14.0. The van der Waals surface area contributed by atoms with Crippen LogP contribution in [0.3, 0.4) is 0 Å². The Morgan fingerprint density at radius 1 is 1.32 bits per heavy atom. The normalized spacial score (nSPS) is 10.0. The lowest BCUT2D eigenvalue weighted by atomic mass is 10.1. The maximum atomic E-state index is 12.4. The van der Waals surface area contributed by atoms with Crippen molar-refractivity contribution < 1.29 is 4.79 Å². The quantitative estimate of drug-likeness (QED) is 0.892. The Bertz CT molecular complexity index is 630. The summed E-state index contributed by atoms with van der Waals surface area (Å²) in [4.78, 5) is 14.0. The number of rotatable bonds is 2. The number of aromatic amines is 1. The van der Waals surface area contributed by atoms with E-state index < -0.39 is 0 Å². The van der Waals surface area contributed by atoms with Crippen LogP contribution in [0, 0.1) is 25.2 Å². The third-order valence-corrected chi connectivity index (χ3v) is 3.03. The summed E-state index contributed by atoms with van der Waals surface area (Å²) in [5.41, 5.74) is 3.34. The Kier molecular flexibility index (Phi) is 3.34. The van der Waals surface area contributed by atoms with Crippen molar-refractivity contribution in [3.8, 4) is 6.07 Å². The van der Waals surface area contributed by atoms with Gasteiger partial charge in [0.2, 0.25) is 0 Å². The van der Waals surface area contributed by atoms with Gasteiger partial charge in [-0.15, -0.1) is 0 Å². The third kappa shape index (κ3) is 2.33. The van der Waals surface area contributed by atoms with Gasteiger partial charge >= 0.3 is 0 Å². The Balaban J connectivity index is 2.31. The number of amides is 1. The van der Waals surface area contributed by atoms with E-state index in [2.05, 4.69) is 10.2 Å². The molecule has 0 aliphatic heterocycles. The molecule has 0 unspecified atom stereocenters. The van der Waals surface area contributed by atoms with Gasteiger partial charge in [-0.2, -0.15) is 10.4 Å². The van der Waals surface area contributed by atoms with Crippen molar-refractivity contribution in [2.75, 3.05) is 11.9 Å². The van der Waals surface area contributed by atoms with E-state index >= 15 is 0 Å². The molecule has 0 aliphatic carbocycles. The van der Waals surface area contributed by atoms with E-state index in [1.165, 1.54) is 0 Å². The van der Waals surface area contributed by atoms with Crippen LogP contribution >= 0.6 is 0 Å². The first kappa shape index (κ1) is 12.8. The van der Waals surface area contributed by atoms with Gasteiger partial charge in [0.15, 0.2) is 0 Å². The Morgan fingerprint density at radius 2 is 1.95 bits per heavy atom. The number of aryl methyl sites for hydroxylation is 2. The lowest BCUT2D eigenvalue weighted by molar-refractivity contribution is 0.0992. The summed E-state index contributed by atoms with van der Waals surface area (Å²) < 4.78 is 0. The summed E-state index contributed by atoms with van der Waals surface area (Å²) >= 11 is 0. The molecule has 0 radical (unpaired) electrons. The van der Waals surface area contributed by atoms with Gasteiger partial charge in [-0.3, -0.25) is 9.89 Å². The van der Waals surface area contributed by atoms with E-state index in [-0.39, 0.29) is 5.91 Å². The SMILES string of the molecule is Cc1n[nH]c(C)c1C(=O)N(C)c1ccc(C#N)cc1. The first-order chi connectivity index (χ1) is 9.04. The number of carbonyl (C=O) groups is 1. The number of aromatic nitrogens is 2. The van der Waals surface area contributed by atoms with Gasteiger partial charge in [-0.05, 0) is 38.1 Å². The average molecular weight is 254 g/mol. The molecule has 5 nitrogen and oxygen atoms in total. The number of nitrogens with one attached hydrogen (secondary N) is 1. The van der Waals surface area contributed by atoms with Crippen LogP contribution in [0.1, 0.15) is 27.3 Å². The fourth-order valence-electron chi connectivity index (χ4n) is 1.91. The summed E-state index contributed by atoms with van der Waals surface area (Å²) in [5, 5.41) is 15.6. The van der Waals surface area contributed by atoms with Crippen molar-refractivity contribution >= 4 is 11.6 Å². The summed E-state index contributed by atoms with van der Waals surface area (Å²) in [6.07, 6.45) is 0. The van der Waals surface area contributed by atoms with Gasteiger partial charge in [0.1, 0.15) is 0 Å². The molecule has 0 fully saturated rings. The van der Waals surface area contributed by atoms with Gasteiger partial charge in [0, 0.05) is 18.4 Å². The average Bonchev–Trinajstić information content (AvgIpc) is 2.77. The van der Waals surface area contributed by atoms with E-state index in [1.807, 2.05) is 13.0 Å². The molecule has 1 heterocycles. The molecule has 0 aliphatic rings. The summed E-state index contributed by atoms with van der Waals surface area (Å²) in [7, 11) is 1.70. The molecule has 1 aromatic carbocycles. The number of H-pyrrole nitrogens is 1. The van der Waals surface area contributed by atoms with E-state index in [1.54, 1.807) is 43.1 Å². The van der Waals surface area contributed by atoms with Crippen LogP contribution in [0.4, 0.5) is 5.69 Å². The predicted octanol–water partition coefficient (Wildman–Crippen LogP) is 2.17. The van der Waals surface area contributed by atoms with Crippen LogP contribution in [-0.4, -0.2) is 23.2 Å². The van der Waals surface area contributed by atoms with Crippen molar-refractivity contribution in [3.05, 3.63) is 46.8 Å². The molecule has 2 rings (SSSR count). The highest BCUT2D eigenvalue weighted by atomic mass is 16.2. The van der Waals surface area contributed by atoms with Crippen molar-refractivity contribution in [1.29, 1.82) is 5.26 Å². The smallest absolute Gasteiger partial charge is 0.261 e. The van der Waals surface area contributed by atoms with Crippen molar-refractivity contribution in [1.82, 2.24) is 10.2 Å². The molecule has 0 saturated carbocycles. The van der Waals surface area contributed by atoms with E-state index in [4.69, 9.17) is 5.26 Å². The van der Waals surface area contributed by atoms with Crippen molar-refractivity contribution in [2.45, 2.75) is 13.8 Å². The van der Waals surface area contributed by atoms with Gasteiger partial charge in [0.05, 0.1) is 22.9 Å². The second-order valence-electron chi connectivity index (χ2n) is 4.33. The largest absolute Gasteiger partial charge is 0.311 e. The Labute approximate surface area is 111 Å². The second-order valence-corrected chi connectivity index (χ2v) is 4.33. The predicted molar refractivity (Wildman–Crippen MR) is 72.0 cm³/mol. The van der Waals surface area contributed by atoms with Gasteiger partial charge < -0.3 is 4.90 Å². The molecule has 5 heteroatoms. The van der Waals surface area contributed by atoms with Crippen LogP contribution in [0.5, 0.6) is 0 Å². The van der Waals surface area contributed by atoms with Crippen LogP contribution in [-0.2, 0) is 0 Å². The van der Waals surface area contributed by atoms with Gasteiger partial charge in [0.25, 0.3) is 5.91 Å². The molecule has 1 N–H and O–H groups in total. The highest BCUT2D eigenvalue weighted by molar-refractivity contribution is 6.07. The molecule has 0 spiro atoms. The molecule has 2 aromatic rings. The first-order valence-electron chi connectivity index (χ1n) is 5.84. The van der Waals surface area contributed by atoms with E-state index in [0.717, 1.165) is 11.4 Å². The number of hydrogen-bond donors (Lipinski definition) is 1. The molecular weight excluding hydrogens is 240 g/mol. The molecule has 19 heavy (non-hydrogen) atoms. The van der Waals surface area contributed by atoms with Gasteiger partial charge in [-0.1, -0.05) is 0 Å². The summed E-state index contributed by atoms with van der Waals surface area (Å²) in [6, 6.07) is 8.93. The maximum absolute atomic E-state index is 12.4. The minimum Gasteiger partial charge on any atom is -0.311 e. The van der Waals surface area contributed by atoms with E-state index in [0.29, 0.717) is 16.8 Å². The van der Waals surface area contributed by atoms with Crippen molar-refractivity contribution in [3.63, 3.8) is 0 Å². The maximum Gasteiger partial charge on any atom is 0.261 e. The molecule has 0 atom stereocenters. The number of benzene rings is 1. The minimum atomic E-state index is -0.117. The standard InChI is InChI=1S/C14H14N4O/c1-9-13(10(2)17-16-9)14(19)18(3)12-6-4-11(8-15)5-7-12/h4-7H,1-3H3,(H,16,17). The van der Waals surface area contributed by atoms with Crippen LogP contribution in [0.2, 0.25) is 0 Å². The zero-order valence-electron chi connectivity index (χ0n) is 11.1. The monoisotopic (exact) mass is 254 g/mol. The highest BCUT2D eigenvalue weighted by Crippen LogP contribution is 2.19. The molecule has 96 valence electrons. The highest BCUT2D eigenvalue weighted by Gasteiger charge is 2.20. The molecule has 1 aromatic heterocycles. The second kappa shape index (κ2) is 4.94. The summed E-state index contributed by atoms with van der Waals surface area (Å²) in [5.74, 6) is -0.117. The topological polar surface area (TPSA) is 72.8 Å². The van der Waals surface area contributed by atoms with Crippen molar-refractivity contribution in [2.24, 2.45) is 0 Å². The minimum absolute atomic E-state index is 0.117. The van der Waals surface area contributed by atoms with Crippen LogP contribution in [0.15, 0.2) is 24.3 Å². The first-order valence-corrected chi connectivity index (χ1v) is 5.84. The Morgan fingerprint density at radius 3 is 2.42 bits per heavy atom. The zero-order valence-corrected chi connectivity index (χ0v) is 11.1. The van der Waals surface area contributed by atoms with Gasteiger partial charge in [-0.25, -0.2) is 0 Å². The fraction of sp³-hybridized carbons (Fsp3) is 0.214. The summed E-state index contributed by atoms with van der Waals surface area (Å²) in [6.45, 7) is 3.61. The van der Waals surface area contributed by atoms with Crippen LogP contribution in [0.25, 0.3) is 0 Å². The molecule has 0 bridgehead atoms. The molecular formula is C14H14N4O. The Hall–Kier alpha value is -2.61. The molecule has 0 saturated heterocycles. The number of hydrogen-bond acceptors (Lipinski definition) is 3. The fourth-order valence-corrected chi connectivity index (χ4v) is 1.91. The lowest BCUT2D eigenvalue weighted by Crippen LogP contribution is -2.27. The lowest BCUT2D eigenvalue weighted by Gasteiger charge is -2.17. The molecule has 1 amide bonds.